The summed E-state index contributed by atoms with van der Waals surface area (Å²) in [7, 11) is 0. The third kappa shape index (κ3) is 4.56. The maximum absolute atomic E-state index is 6.88. The number of rotatable bonds is 4. The summed E-state index contributed by atoms with van der Waals surface area (Å²) in [6, 6.07) is 58.9. The first-order valence-electron chi connectivity index (χ1n) is 19.3. The molecule has 0 N–H and O–H groups in total. The Morgan fingerprint density at radius 2 is 1.00 bits per heavy atom. The van der Waals surface area contributed by atoms with E-state index in [-0.39, 0.29) is 0 Å². The Morgan fingerprint density at radius 1 is 0.397 bits per heavy atom. The van der Waals surface area contributed by atoms with Crippen LogP contribution in [0.25, 0.3) is 126 Å². The fourth-order valence-electron chi connectivity index (χ4n) is 8.80. The summed E-state index contributed by atoms with van der Waals surface area (Å²) in [5.74, 6) is 1.82. The fraction of sp³-hybridized carbons (Fsp3) is 0. The van der Waals surface area contributed by atoms with Crippen LogP contribution in [0.15, 0.2) is 179 Å². The molecule has 5 aromatic heterocycles. The Bertz CT molecular complexity index is 3740. The molecular weight excluding hydrogens is 733 g/mol. The van der Waals surface area contributed by atoms with Gasteiger partial charge in [-0.2, -0.15) is 0 Å². The molecule has 0 radical (unpaired) electrons. The summed E-state index contributed by atoms with van der Waals surface area (Å²) in [6.07, 6.45) is 0. The Hall–Kier alpha value is -7.61. The highest BCUT2D eigenvalue weighted by Crippen LogP contribution is 2.45. The van der Waals surface area contributed by atoms with E-state index in [1.165, 1.54) is 30.9 Å². The van der Waals surface area contributed by atoms with Crippen molar-refractivity contribution in [2.45, 2.75) is 0 Å². The van der Waals surface area contributed by atoms with Gasteiger partial charge in [-0.15, -0.1) is 11.3 Å². The van der Waals surface area contributed by atoms with E-state index >= 15 is 0 Å². The van der Waals surface area contributed by atoms with Crippen LogP contribution in [0.4, 0.5) is 0 Å². The van der Waals surface area contributed by atoms with Crippen molar-refractivity contribution in [2.24, 2.45) is 0 Å². The molecule has 0 fully saturated rings. The van der Waals surface area contributed by atoms with E-state index in [1.807, 2.05) is 78.1 Å². The Kier molecular flexibility index (Phi) is 6.50. The molecular formula is C51H28N4O2S. The van der Waals surface area contributed by atoms with Crippen molar-refractivity contribution in [3.63, 3.8) is 0 Å². The maximum atomic E-state index is 6.88. The zero-order chi connectivity index (χ0) is 37.9. The minimum absolute atomic E-state index is 0.584. The second kappa shape index (κ2) is 11.9. The molecule has 0 atom stereocenters. The molecule has 5 heterocycles. The number of fused-ring (bicyclic) bond motifs is 13. The average Bonchev–Trinajstić information content (AvgIpc) is 4.04. The van der Waals surface area contributed by atoms with E-state index in [4.69, 9.17) is 23.8 Å². The predicted octanol–water partition coefficient (Wildman–Crippen LogP) is 14.1. The van der Waals surface area contributed by atoms with Crippen molar-refractivity contribution in [3.8, 4) is 39.9 Å². The van der Waals surface area contributed by atoms with Crippen LogP contribution in [0, 0.1) is 0 Å². The third-order valence-corrected chi connectivity index (χ3v) is 12.7. The Balaban J connectivity index is 0.973. The topological polar surface area (TPSA) is 69.9 Å². The second-order valence-corrected chi connectivity index (χ2v) is 15.8. The zero-order valence-corrected chi connectivity index (χ0v) is 31.5. The molecule has 13 aromatic rings. The first-order chi connectivity index (χ1) is 28.7. The fourth-order valence-corrected chi connectivity index (χ4v) is 10.1. The van der Waals surface area contributed by atoms with Gasteiger partial charge in [0, 0.05) is 69.2 Å². The molecule has 0 aliphatic heterocycles. The van der Waals surface area contributed by atoms with Crippen molar-refractivity contribution in [3.05, 3.63) is 170 Å². The van der Waals surface area contributed by atoms with Crippen LogP contribution in [0.3, 0.4) is 0 Å². The van der Waals surface area contributed by atoms with Crippen LogP contribution in [0.2, 0.25) is 0 Å². The van der Waals surface area contributed by atoms with E-state index in [0.29, 0.717) is 17.5 Å². The Morgan fingerprint density at radius 3 is 1.78 bits per heavy atom. The van der Waals surface area contributed by atoms with Crippen molar-refractivity contribution in [2.75, 3.05) is 0 Å². The minimum atomic E-state index is 0.584. The molecule has 0 bridgehead atoms. The number of para-hydroxylation sites is 2. The number of aromatic nitrogens is 4. The van der Waals surface area contributed by atoms with Crippen LogP contribution >= 0.6 is 11.3 Å². The number of nitrogens with zero attached hydrogens (tertiary/aromatic N) is 4. The number of thiophene rings is 1. The van der Waals surface area contributed by atoms with Gasteiger partial charge in [0.1, 0.15) is 16.7 Å². The number of hydrogen-bond acceptors (Lipinski definition) is 6. The van der Waals surface area contributed by atoms with Gasteiger partial charge in [-0.05, 0) is 48.5 Å². The largest absolute Gasteiger partial charge is 0.456 e. The smallest absolute Gasteiger partial charge is 0.164 e. The minimum Gasteiger partial charge on any atom is -0.456 e. The average molecular weight is 761 g/mol. The molecule has 0 aliphatic rings. The summed E-state index contributed by atoms with van der Waals surface area (Å²) >= 11 is 1.87. The number of benzene rings is 8. The highest BCUT2D eigenvalue weighted by Gasteiger charge is 2.22. The van der Waals surface area contributed by atoms with Crippen molar-refractivity contribution in [1.82, 2.24) is 19.5 Å². The molecule has 0 saturated carbocycles. The summed E-state index contributed by atoms with van der Waals surface area (Å²) in [4.78, 5) is 14.7. The number of furan rings is 2. The molecule has 0 spiro atoms. The van der Waals surface area contributed by atoms with Crippen LogP contribution in [0.5, 0.6) is 0 Å². The van der Waals surface area contributed by atoms with Gasteiger partial charge in [0.15, 0.2) is 23.1 Å². The quantitative estimate of drug-likeness (QED) is 0.179. The lowest BCUT2D eigenvalue weighted by Gasteiger charge is -2.08. The summed E-state index contributed by atoms with van der Waals surface area (Å²) < 4.78 is 18.5. The molecule has 0 aliphatic carbocycles. The SMILES string of the molecule is c1ccc(-c2nc(-c3ccccc3)nc(-c3ccc4c(c3)oc3cc5c(cc34)oc3c(-n4c6ccccc6c6c7sc8ccccc8c7ccc64)cccc35)n2)cc1. The zero-order valence-electron chi connectivity index (χ0n) is 30.7. The summed E-state index contributed by atoms with van der Waals surface area (Å²) in [5.41, 5.74) is 9.23. The first kappa shape index (κ1) is 31.6. The van der Waals surface area contributed by atoms with Crippen molar-refractivity contribution in [1.29, 1.82) is 0 Å². The normalized spacial score (nSPS) is 12.1. The van der Waals surface area contributed by atoms with Crippen LogP contribution in [-0.2, 0) is 0 Å². The van der Waals surface area contributed by atoms with Crippen LogP contribution < -0.4 is 0 Å². The molecule has 6 nitrogen and oxygen atoms in total. The van der Waals surface area contributed by atoms with Gasteiger partial charge < -0.3 is 13.4 Å². The maximum Gasteiger partial charge on any atom is 0.164 e. The van der Waals surface area contributed by atoms with Gasteiger partial charge in [-0.3, -0.25) is 0 Å². The van der Waals surface area contributed by atoms with Crippen LogP contribution in [-0.4, -0.2) is 19.5 Å². The molecule has 13 rings (SSSR count). The Labute approximate surface area is 333 Å². The van der Waals surface area contributed by atoms with Gasteiger partial charge in [0.05, 0.1) is 16.7 Å². The highest BCUT2D eigenvalue weighted by atomic mass is 32.1. The van der Waals surface area contributed by atoms with Gasteiger partial charge in [0.25, 0.3) is 0 Å². The van der Waals surface area contributed by atoms with E-state index in [9.17, 15) is 0 Å². The lowest BCUT2D eigenvalue weighted by atomic mass is 10.1. The van der Waals surface area contributed by atoms with Gasteiger partial charge in [0.2, 0.25) is 0 Å². The second-order valence-electron chi connectivity index (χ2n) is 14.7. The van der Waals surface area contributed by atoms with E-state index in [1.54, 1.807) is 0 Å². The van der Waals surface area contributed by atoms with E-state index in [2.05, 4.69) is 108 Å². The van der Waals surface area contributed by atoms with Crippen molar-refractivity contribution >= 4 is 97.2 Å². The first-order valence-corrected chi connectivity index (χ1v) is 20.1. The van der Waals surface area contributed by atoms with Gasteiger partial charge >= 0.3 is 0 Å². The molecule has 0 unspecified atom stereocenters. The molecule has 0 amide bonds. The molecule has 270 valence electrons. The summed E-state index contributed by atoms with van der Waals surface area (Å²) in [5, 5.41) is 9.13. The van der Waals surface area contributed by atoms with Crippen LogP contribution in [0.1, 0.15) is 0 Å². The van der Waals surface area contributed by atoms with Gasteiger partial charge in [-0.25, -0.2) is 15.0 Å². The predicted molar refractivity (Wildman–Crippen MR) is 238 cm³/mol. The molecule has 0 saturated heterocycles. The highest BCUT2D eigenvalue weighted by molar-refractivity contribution is 7.26. The lowest BCUT2D eigenvalue weighted by Crippen LogP contribution is -2.00. The van der Waals surface area contributed by atoms with E-state index < -0.39 is 0 Å². The monoisotopic (exact) mass is 760 g/mol. The molecule has 58 heavy (non-hydrogen) atoms. The third-order valence-electron chi connectivity index (χ3n) is 11.4. The lowest BCUT2D eigenvalue weighted by molar-refractivity contribution is 0.662. The molecule has 8 aromatic carbocycles. The summed E-state index contributed by atoms with van der Waals surface area (Å²) in [6.45, 7) is 0. The molecule has 7 heteroatoms. The standard InChI is InChI=1S/C51H28N4O2S/c1-3-12-29(13-4-1)49-52-50(30-14-5-2-6-15-30)54-51(53-49)31-22-23-32-37-27-44-38(28-43(37)56-42(32)26-31)34-18-11-20-41(47(34)57-44)55-39-19-9-7-17-36(39)46-40(55)25-24-35-33-16-8-10-21-45(33)58-48(35)46/h1-28H. The van der Waals surface area contributed by atoms with Crippen molar-refractivity contribution < 1.29 is 8.83 Å². The number of hydrogen-bond donors (Lipinski definition) is 0. The van der Waals surface area contributed by atoms with E-state index in [0.717, 1.165) is 77.3 Å². The van der Waals surface area contributed by atoms with Gasteiger partial charge in [-0.1, -0.05) is 121 Å².